The van der Waals surface area contributed by atoms with Gasteiger partial charge >= 0.3 is 0 Å². The number of nitrogens with zero attached hydrogens (tertiary/aromatic N) is 1. The van der Waals surface area contributed by atoms with Crippen molar-refractivity contribution >= 4 is 5.91 Å². The Balaban J connectivity index is 1.79. The molecule has 96 valence electrons. The van der Waals surface area contributed by atoms with Crippen LogP contribution in [0.5, 0.6) is 0 Å². The molecule has 1 saturated heterocycles. The second-order valence-electron chi connectivity index (χ2n) is 5.81. The van der Waals surface area contributed by atoms with Gasteiger partial charge in [-0.05, 0) is 44.6 Å². The molecule has 2 rings (SSSR count). The van der Waals surface area contributed by atoms with E-state index in [1.54, 1.807) is 0 Å². The molecule has 1 heterocycles. The highest BCUT2D eigenvalue weighted by molar-refractivity contribution is 5.83. The molecule has 1 aliphatic heterocycles. The van der Waals surface area contributed by atoms with E-state index in [1.165, 1.54) is 18.4 Å². The Morgan fingerprint density at radius 3 is 2.88 bits per heavy atom. The van der Waals surface area contributed by atoms with E-state index in [0.29, 0.717) is 11.8 Å². The second kappa shape index (κ2) is 5.21. The molecule has 3 nitrogen and oxygen atoms in total. The average molecular weight is 236 g/mol. The van der Waals surface area contributed by atoms with Crippen molar-refractivity contribution in [1.82, 2.24) is 10.2 Å². The number of hydrogen-bond donors (Lipinski definition) is 1. The number of carbonyl (C=O) groups excluding carboxylic acids is 1. The SMILES string of the molecule is CC1=CC(C)CC(CNC2CCN(C)C2=O)C1. The van der Waals surface area contributed by atoms with Gasteiger partial charge in [0.1, 0.15) is 0 Å². The molecule has 1 aliphatic carbocycles. The lowest BCUT2D eigenvalue weighted by Gasteiger charge is -2.26. The van der Waals surface area contributed by atoms with Crippen LogP contribution < -0.4 is 5.32 Å². The van der Waals surface area contributed by atoms with Crippen LogP contribution >= 0.6 is 0 Å². The van der Waals surface area contributed by atoms with Crippen molar-refractivity contribution in [3.05, 3.63) is 11.6 Å². The van der Waals surface area contributed by atoms with Gasteiger partial charge in [-0.25, -0.2) is 0 Å². The summed E-state index contributed by atoms with van der Waals surface area (Å²) < 4.78 is 0. The molecule has 0 saturated carbocycles. The summed E-state index contributed by atoms with van der Waals surface area (Å²) in [5.41, 5.74) is 1.51. The summed E-state index contributed by atoms with van der Waals surface area (Å²) in [7, 11) is 1.89. The van der Waals surface area contributed by atoms with E-state index in [1.807, 2.05) is 11.9 Å². The van der Waals surface area contributed by atoms with Gasteiger partial charge in [0.2, 0.25) is 5.91 Å². The molecule has 17 heavy (non-hydrogen) atoms. The van der Waals surface area contributed by atoms with Crippen LogP contribution in [0.1, 0.15) is 33.1 Å². The Kier molecular flexibility index (Phi) is 3.87. The van der Waals surface area contributed by atoms with E-state index < -0.39 is 0 Å². The molecule has 3 heteroatoms. The molecule has 1 fully saturated rings. The number of nitrogens with one attached hydrogen (secondary N) is 1. The first-order valence-electron chi connectivity index (χ1n) is 6.72. The van der Waals surface area contributed by atoms with E-state index in [0.717, 1.165) is 19.5 Å². The van der Waals surface area contributed by atoms with E-state index in [-0.39, 0.29) is 11.9 Å². The van der Waals surface area contributed by atoms with Gasteiger partial charge in [-0.1, -0.05) is 18.6 Å². The van der Waals surface area contributed by atoms with Crippen molar-refractivity contribution in [1.29, 1.82) is 0 Å². The Morgan fingerprint density at radius 2 is 2.29 bits per heavy atom. The van der Waals surface area contributed by atoms with Crippen LogP contribution in [0.3, 0.4) is 0 Å². The van der Waals surface area contributed by atoms with Gasteiger partial charge in [0, 0.05) is 13.6 Å². The molecule has 0 aromatic heterocycles. The molecule has 0 spiro atoms. The fourth-order valence-corrected chi connectivity index (χ4v) is 3.16. The normalized spacial score (nSPS) is 34.1. The molecule has 1 amide bonds. The van der Waals surface area contributed by atoms with Crippen molar-refractivity contribution in [3.8, 4) is 0 Å². The third kappa shape index (κ3) is 3.09. The van der Waals surface area contributed by atoms with Crippen molar-refractivity contribution in [2.45, 2.75) is 39.2 Å². The molecule has 2 aliphatic rings. The van der Waals surface area contributed by atoms with Crippen LogP contribution in [0.25, 0.3) is 0 Å². The Morgan fingerprint density at radius 1 is 1.53 bits per heavy atom. The predicted octanol–water partition coefficient (Wildman–Crippen LogP) is 1.80. The van der Waals surface area contributed by atoms with Crippen LogP contribution in [0.4, 0.5) is 0 Å². The highest BCUT2D eigenvalue weighted by atomic mass is 16.2. The topological polar surface area (TPSA) is 32.3 Å². The van der Waals surface area contributed by atoms with E-state index in [4.69, 9.17) is 0 Å². The lowest BCUT2D eigenvalue weighted by molar-refractivity contribution is -0.128. The van der Waals surface area contributed by atoms with Crippen LogP contribution in [0.15, 0.2) is 11.6 Å². The third-order valence-electron chi connectivity index (χ3n) is 3.97. The van der Waals surface area contributed by atoms with E-state index >= 15 is 0 Å². The maximum atomic E-state index is 11.8. The third-order valence-corrected chi connectivity index (χ3v) is 3.97. The summed E-state index contributed by atoms with van der Waals surface area (Å²) in [6, 6.07) is 0.0709. The number of amides is 1. The van der Waals surface area contributed by atoms with Gasteiger partial charge in [0.05, 0.1) is 6.04 Å². The second-order valence-corrected chi connectivity index (χ2v) is 5.81. The van der Waals surface area contributed by atoms with Crippen LogP contribution in [-0.2, 0) is 4.79 Å². The molecule has 0 aromatic rings. The summed E-state index contributed by atoms with van der Waals surface area (Å²) in [6.07, 6.45) is 5.78. The fraction of sp³-hybridized carbons (Fsp3) is 0.786. The molecule has 3 unspecified atom stereocenters. The number of carbonyl (C=O) groups is 1. The van der Waals surface area contributed by atoms with Crippen LogP contribution in [-0.4, -0.2) is 37.0 Å². The Labute approximate surface area is 104 Å². The number of likely N-dealkylation sites (N-methyl/N-ethyl adjacent to an activating group) is 1. The molecule has 0 aromatic carbocycles. The summed E-state index contributed by atoms with van der Waals surface area (Å²) in [5, 5.41) is 3.45. The number of rotatable bonds is 3. The predicted molar refractivity (Wildman–Crippen MR) is 69.7 cm³/mol. The molecular weight excluding hydrogens is 212 g/mol. The van der Waals surface area contributed by atoms with E-state index in [9.17, 15) is 4.79 Å². The molecule has 1 N–H and O–H groups in total. The van der Waals surface area contributed by atoms with Crippen molar-refractivity contribution < 1.29 is 4.79 Å². The quantitative estimate of drug-likeness (QED) is 0.758. The maximum Gasteiger partial charge on any atom is 0.239 e. The molecule has 0 bridgehead atoms. The smallest absolute Gasteiger partial charge is 0.239 e. The fourth-order valence-electron chi connectivity index (χ4n) is 3.16. The molecule has 0 radical (unpaired) electrons. The van der Waals surface area contributed by atoms with Gasteiger partial charge in [0.25, 0.3) is 0 Å². The number of allylic oxidation sites excluding steroid dienone is 2. The van der Waals surface area contributed by atoms with Gasteiger partial charge in [-0.2, -0.15) is 0 Å². The number of hydrogen-bond acceptors (Lipinski definition) is 2. The highest BCUT2D eigenvalue weighted by Crippen LogP contribution is 2.27. The maximum absolute atomic E-state index is 11.8. The first kappa shape index (κ1) is 12.6. The van der Waals surface area contributed by atoms with Crippen LogP contribution in [0.2, 0.25) is 0 Å². The minimum absolute atomic E-state index is 0.0709. The standard InChI is InChI=1S/C14H24N2O/c1-10-6-11(2)8-12(7-10)9-15-13-4-5-16(3)14(13)17/h6,10,12-13,15H,4-5,7-9H2,1-3H3. The van der Waals surface area contributed by atoms with Gasteiger partial charge in [-0.15, -0.1) is 0 Å². The summed E-state index contributed by atoms with van der Waals surface area (Å²) in [5.74, 6) is 1.66. The van der Waals surface area contributed by atoms with Crippen molar-refractivity contribution in [2.75, 3.05) is 20.1 Å². The van der Waals surface area contributed by atoms with Gasteiger partial charge in [-0.3, -0.25) is 4.79 Å². The highest BCUT2D eigenvalue weighted by Gasteiger charge is 2.29. The molecule has 3 atom stereocenters. The minimum atomic E-state index is 0.0709. The van der Waals surface area contributed by atoms with Crippen LogP contribution in [0, 0.1) is 11.8 Å². The zero-order chi connectivity index (χ0) is 12.4. The zero-order valence-corrected chi connectivity index (χ0v) is 11.2. The van der Waals surface area contributed by atoms with Gasteiger partial charge < -0.3 is 10.2 Å². The Hall–Kier alpha value is -0.830. The zero-order valence-electron chi connectivity index (χ0n) is 11.2. The van der Waals surface area contributed by atoms with Gasteiger partial charge in [0.15, 0.2) is 0 Å². The minimum Gasteiger partial charge on any atom is -0.344 e. The van der Waals surface area contributed by atoms with Crippen molar-refractivity contribution in [3.63, 3.8) is 0 Å². The monoisotopic (exact) mass is 236 g/mol. The Bertz CT molecular complexity index is 324. The number of likely N-dealkylation sites (tertiary alicyclic amines) is 1. The lowest BCUT2D eigenvalue weighted by atomic mass is 9.83. The van der Waals surface area contributed by atoms with Crippen molar-refractivity contribution in [2.24, 2.45) is 11.8 Å². The first-order valence-corrected chi connectivity index (χ1v) is 6.72. The molecular formula is C14H24N2O. The summed E-state index contributed by atoms with van der Waals surface area (Å²) in [4.78, 5) is 13.6. The average Bonchev–Trinajstić information content (AvgIpc) is 2.56. The summed E-state index contributed by atoms with van der Waals surface area (Å²) >= 11 is 0. The largest absolute Gasteiger partial charge is 0.344 e. The summed E-state index contributed by atoms with van der Waals surface area (Å²) in [6.45, 7) is 6.39. The first-order chi connectivity index (χ1) is 8.06. The lowest BCUT2D eigenvalue weighted by Crippen LogP contribution is -2.40. The van der Waals surface area contributed by atoms with E-state index in [2.05, 4.69) is 25.2 Å².